The highest BCUT2D eigenvalue weighted by atomic mass is 32.2. The van der Waals surface area contributed by atoms with E-state index in [0.717, 1.165) is 41.4 Å². The van der Waals surface area contributed by atoms with E-state index in [1.807, 2.05) is 0 Å². The summed E-state index contributed by atoms with van der Waals surface area (Å²) in [5, 5.41) is 2.88. The van der Waals surface area contributed by atoms with E-state index in [1.165, 1.54) is 6.26 Å². The van der Waals surface area contributed by atoms with Gasteiger partial charge in [0, 0.05) is 18.2 Å². The summed E-state index contributed by atoms with van der Waals surface area (Å²) in [6, 6.07) is 13.3. The Balaban J connectivity index is 1.57. The van der Waals surface area contributed by atoms with E-state index >= 15 is 0 Å². The lowest BCUT2D eigenvalue weighted by Gasteiger charge is -2.22. The van der Waals surface area contributed by atoms with E-state index in [-0.39, 0.29) is 29.9 Å². The van der Waals surface area contributed by atoms with Crippen molar-refractivity contribution >= 4 is 15.9 Å². The molecule has 1 aliphatic rings. The molecule has 0 aliphatic heterocycles. The topological polar surface area (TPSA) is 79.6 Å². The third-order valence-corrected chi connectivity index (χ3v) is 7.03. The number of halogens is 3. The van der Waals surface area contributed by atoms with Crippen molar-refractivity contribution in [2.24, 2.45) is 0 Å². The first-order valence-corrected chi connectivity index (χ1v) is 11.7. The zero-order valence-corrected chi connectivity index (χ0v) is 18.2. The fourth-order valence-electron chi connectivity index (χ4n) is 3.23. The van der Waals surface area contributed by atoms with Gasteiger partial charge in [0.15, 0.2) is 0 Å². The molecule has 1 heterocycles. The van der Waals surface area contributed by atoms with Gasteiger partial charge in [-0.05, 0) is 66.9 Å². The molecule has 33 heavy (non-hydrogen) atoms. The van der Waals surface area contributed by atoms with Crippen molar-refractivity contribution in [2.45, 2.75) is 43.0 Å². The van der Waals surface area contributed by atoms with Crippen LogP contribution in [0, 0.1) is 0 Å². The second kappa shape index (κ2) is 9.03. The summed E-state index contributed by atoms with van der Waals surface area (Å²) in [6.45, 7) is -0.172. The van der Waals surface area contributed by atoms with E-state index in [0.29, 0.717) is 16.9 Å². The highest BCUT2D eigenvalue weighted by molar-refractivity contribution is 7.89. The molecule has 3 aromatic rings. The number of furan rings is 1. The van der Waals surface area contributed by atoms with Crippen LogP contribution < -0.4 is 5.32 Å². The van der Waals surface area contributed by atoms with Gasteiger partial charge < -0.3 is 9.73 Å². The molecule has 0 saturated heterocycles. The summed E-state index contributed by atoms with van der Waals surface area (Å²) in [5.41, 5.74) is 0.146. The maximum Gasteiger partial charge on any atom is 0.416 e. The zero-order valence-electron chi connectivity index (χ0n) is 17.4. The maximum absolute atomic E-state index is 13.3. The number of alkyl halides is 3. The third kappa shape index (κ3) is 5.63. The van der Waals surface area contributed by atoms with Crippen LogP contribution in [0.2, 0.25) is 0 Å². The Morgan fingerprint density at radius 3 is 2.21 bits per heavy atom. The number of nitrogens with zero attached hydrogens (tertiary/aromatic N) is 1. The largest absolute Gasteiger partial charge is 0.468 e. The summed E-state index contributed by atoms with van der Waals surface area (Å²) >= 11 is 0. The van der Waals surface area contributed by atoms with E-state index in [4.69, 9.17) is 4.42 Å². The van der Waals surface area contributed by atoms with Crippen molar-refractivity contribution in [3.8, 4) is 0 Å². The van der Waals surface area contributed by atoms with Gasteiger partial charge in [0.05, 0.1) is 23.3 Å². The smallest absolute Gasteiger partial charge is 0.416 e. The molecule has 0 spiro atoms. The number of nitrogens with one attached hydrogen (secondary N) is 1. The normalized spacial score (nSPS) is 14.4. The Morgan fingerprint density at radius 2 is 1.67 bits per heavy atom. The van der Waals surface area contributed by atoms with Crippen LogP contribution in [-0.4, -0.2) is 24.7 Å². The second-order valence-electron chi connectivity index (χ2n) is 7.82. The number of rotatable bonds is 8. The molecule has 174 valence electrons. The Morgan fingerprint density at radius 1 is 1.00 bits per heavy atom. The Kier molecular flexibility index (Phi) is 6.31. The van der Waals surface area contributed by atoms with Gasteiger partial charge in [-0.3, -0.25) is 4.79 Å². The SMILES string of the molecule is O=C(NC1CC1)c1ccc(CN(Cc2ccco2)S(=O)(=O)c2ccc(C(F)(F)F)cc2)cc1. The molecular formula is C23H21F3N2O4S. The van der Waals surface area contributed by atoms with Crippen LogP contribution >= 0.6 is 0 Å². The molecule has 2 aromatic carbocycles. The molecule has 1 N–H and O–H groups in total. The lowest BCUT2D eigenvalue weighted by Crippen LogP contribution is -2.30. The molecule has 0 atom stereocenters. The van der Waals surface area contributed by atoms with Crippen LogP contribution in [0.1, 0.15) is 40.1 Å². The average Bonchev–Trinajstić information content (AvgIpc) is 3.44. The Labute approximate surface area is 189 Å². The predicted octanol–water partition coefficient (Wildman–Crippen LogP) is 4.58. The van der Waals surface area contributed by atoms with Crippen LogP contribution in [0.5, 0.6) is 0 Å². The standard InChI is InChI=1S/C23H21F3N2O4S/c24-23(25,26)18-7-11-21(12-8-18)33(30,31)28(15-20-2-1-13-32-20)14-16-3-5-17(6-4-16)22(29)27-19-9-10-19/h1-8,11-13,19H,9-10,14-15H2,(H,27,29). The minimum absolute atomic E-state index is 0.0609. The molecule has 0 radical (unpaired) electrons. The van der Waals surface area contributed by atoms with Gasteiger partial charge in [0.25, 0.3) is 5.91 Å². The minimum Gasteiger partial charge on any atom is -0.468 e. The van der Waals surface area contributed by atoms with Gasteiger partial charge in [-0.15, -0.1) is 0 Å². The summed E-state index contributed by atoms with van der Waals surface area (Å²) in [4.78, 5) is 11.9. The van der Waals surface area contributed by atoms with E-state index in [1.54, 1.807) is 36.4 Å². The molecule has 1 fully saturated rings. The van der Waals surface area contributed by atoms with Gasteiger partial charge in [-0.25, -0.2) is 8.42 Å². The van der Waals surface area contributed by atoms with Gasteiger partial charge in [0.2, 0.25) is 10.0 Å². The van der Waals surface area contributed by atoms with Crippen LogP contribution in [0.4, 0.5) is 13.2 Å². The number of hydrogen-bond acceptors (Lipinski definition) is 4. The molecule has 4 rings (SSSR count). The van der Waals surface area contributed by atoms with Gasteiger partial charge in [-0.2, -0.15) is 17.5 Å². The summed E-state index contributed by atoms with van der Waals surface area (Å²) < 4.78 is 71.6. The quantitative estimate of drug-likeness (QED) is 0.514. The molecule has 1 aromatic heterocycles. The first kappa shape index (κ1) is 23.1. The molecule has 10 heteroatoms. The van der Waals surface area contributed by atoms with E-state index in [2.05, 4.69) is 5.32 Å². The highest BCUT2D eigenvalue weighted by Crippen LogP contribution is 2.31. The van der Waals surface area contributed by atoms with Crippen LogP contribution in [0.15, 0.2) is 76.2 Å². The monoisotopic (exact) mass is 478 g/mol. The molecule has 6 nitrogen and oxygen atoms in total. The fraction of sp³-hybridized carbons (Fsp3) is 0.261. The number of carbonyl (C=O) groups is 1. The van der Waals surface area contributed by atoms with Crippen LogP contribution in [0.3, 0.4) is 0 Å². The van der Waals surface area contributed by atoms with Crippen molar-refractivity contribution in [1.29, 1.82) is 0 Å². The summed E-state index contributed by atoms with van der Waals surface area (Å²) in [6.07, 6.45) is -1.23. The lowest BCUT2D eigenvalue weighted by atomic mass is 10.1. The molecule has 1 saturated carbocycles. The third-order valence-electron chi connectivity index (χ3n) is 5.22. The van der Waals surface area contributed by atoms with Crippen molar-refractivity contribution in [3.05, 3.63) is 89.4 Å². The van der Waals surface area contributed by atoms with Crippen LogP contribution in [0.25, 0.3) is 0 Å². The Hall–Kier alpha value is -3.11. The highest BCUT2D eigenvalue weighted by Gasteiger charge is 2.32. The first-order chi connectivity index (χ1) is 15.6. The second-order valence-corrected chi connectivity index (χ2v) is 9.76. The molecule has 1 aliphatic carbocycles. The number of sulfonamides is 1. The summed E-state index contributed by atoms with van der Waals surface area (Å²) in [7, 11) is -4.14. The lowest BCUT2D eigenvalue weighted by molar-refractivity contribution is -0.137. The number of benzene rings is 2. The number of amides is 1. The molecular weight excluding hydrogens is 457 g/mol. The fourth-order valence-corrected chi connectivity index (χ4v) is 4.62. The number of hydrogen-bond donors (Lipinski definition) is 1. The van der Waals surface area contributed by atoms with E-state index < -0.39 is 21.8 Å². The van der Waals surface area contributed by atoms with Gasteiger partial charge >= 0.3 is 6.18 Å². The summed E-state index contributed by atoms with van der Waals surface area (Å²) in [5.74, 6) is 0.194. The number of carbonyl (C=O) groups excluding carboxylic acids is 1. The van der Waals surface area contributed by atoms with Crippen molar-refractivity contribution in [1.82, 2.24) is 9.62 Å². The molecule has 0 unspecified atom stereocenters. The Bertz CT molecular complexity index is 1200. The van der Waals surface area contributed by atoms with Crippen molar-refractivity contribution in [3.63, 3.8) is 0 Å². The van der Waals surface area contributed by atoms with Gasteiger partial charge in [0.1, 0.15) is 5.76 Å². The van der Waals surface area contributed by atoms with Crippen molar-refractivity contribution < 1.29 is 30.8 Å². The minimum atomic E-state index is -4.57. The molecule has 1 amide bonds. The average molecular weight is 478 g/mol. The predicted molar refractivity (Wildman–Crippen MR) is 114 cm³/mol. The van der Waals surface area contributed by atoms with E-state index in [9.17, 15) is 26.4 Å². The first-order valence-electron chi connectivity index (χ1n) is 10.2. The maximum atomic E-state index is 13.3. The molecule has 0 bridgehead atoms. The van der Waals surface area contributed by atoms with Crippen LogP contribution in [-0.2, 0) is 29.3 Å². The van der Waals surface area contributed by atoms with Crippen molar-refractivity contribution in [2.75, 3.05) is 0 Å². The van der Waals surface area contributed by atoms with Gasteiger partial charge in [-0.1, -0.05) is 12.1 Å². The zero-order chi connectivity index (χ0) is 23.6.